The van der Waals surface area contributed by atoms with Crippen LogP contribution in [-0.4, -0.2) is 24.5 Å². The minimum Gasteiger partial charge on any atom is -0.454 e. The van der Waals surface area contributed by atoms with Crippen molar-refractivity contribution in [3.63, 3.8) is 0 Å². The molecule has 1 aliphatic heterocycles. The van der Waals surface area contributed by atoms with E-state index in [9.17, 15) is 9.59 Å². The van der Waals surface area contributed by atoms with E-state index in [0.29, 0.717) is 27.5 Å². The Kier molecular flexibility index (Phi) is 4.05. The quantitative estimate of drug-likeness (QED) is 0.304. The summed E-state index contributed by atoms with van der Waals surface area (Å²) in [5.41, 5.74) is 1.32. The lowest BCUT2D eigenvalue weighted by atomic mass is 9.97. The van der Waals surface area contributed by atoms with Crippen molar-refractivity contribution >= 4 is 32.9 Å². The zero-order chi connectivity index (χ0) is 19.3. The normalized spacial score (nSPS) is 16.3. The Labute approximate surface area is 161 Å². The zero-order valence-electron chi connectivity index (χ0n) is 15.7. The van der Waals surface area contributed by atoms with Gasteiger partial charge in [-0.1, -0.05) is 31.2 Å². The Morgan fingerprint density at radius 2 is 1.68 bits per heavy atom. The molecule has 5 nitrogen and oxygen atoms in total. The zero-order valence-corrected chi connectivity index (χ0v) is 15.7. The second-order valence-electron chi connectivity index (χ2n) is 7.65. The smallest absolute Gasteiger partial charge is 0.351 e. The van der Waals surface area contributed by atoms with Gasteiger partial charge in [0.1, 0.15) is 11.2 Å². The summed E-state index contributed by atoms with van der Waals surface area (Å²) in [6.45, 7) is 5.33. The first-order valence-corrected chi connectivity index (χ1v) is 9.77. The van der Waals surface area contributed by atoms with Crippen molar-refractivity contribution in [2.24, 2.45) is 0 Å². The molecule has 0 saturated carbocycles. The molecule has 4 aromatic rings. The van der Waals surface area contributed by atoms with Crippen LogP contribution in [0.5, 0.6) is 0 Å². The molecule has 5 rings (SSSR count). The Hall–Kier alpha value is -2.92. The van der Waals surface area contributed by atoms with Crippen molar-refractivity contribution in [2.45, 2.75) is 25.7 Å². The van der Waals surface area contributed by atoms with Crippen molar-refractivity contribution in [1.29, 1.82) is 0 Å². The van der Waals surface area contributed by atoms with Crippen LogP contribution in [0.2, 0.25) is 0 Å². The molecule has 1 atom stereocenters. The second-order valence-corrected chi connectivity index (χ2v) is 7.65. The second kappa shape index (κ2) is 6.60. The molecule has 2 aromatic carbocycles. The molecule has 5 heteroatoms. The molecule has 0 aliphatic carbocycles. The third-order valence-corrected chi connectivity index (χ3v) is 5.75. The summed E-state index contributed by atoms with van der Waals surface area (Å²) in [4.78, 5) is 28.1. The number of likely N-dealkylation sites (tertiary alicyclic amines) is 1. The average Bonchev–Trinajstić information content (AvgIpc) is 3.20. The minimum absolute atomic E-state index is 0.0180. The fraction of sp³-hybridized carbons (Fsp3) is 0.304. The lowest BCUT2D eigenvalue weighted by Crippen LogP contribution is -2.24. The minimum atomic E-state index is -0.653. The highest BCUT2D eigenvalue weighted by molar-refractivity contribution is 6.03. The average molecular weight is 375 g/mol. The molecule has 142 valence electrons. The van der Waals surface area contributed by atoms with E-state index in [1.165, 1.54) is 12.8 Å². The van der Waals surface area contributed by atoms with Crippen LogP contribution in [0.15, 0.2) is 60.9 Å². The van der Waals surface area contributed by atoms with Crippen molar-refractivity contribution in [2.75, 3.05) is 19.6 Å². The van der Waals surface area contributed by atoms with Crippen LogP contribution in [0, 0.1) is 0 Å². The van der Waals surface area contributed by atoms with E-state index in [-0.39, 0.29) is 16.7 Å². The van der Waals surface area contributed by atoms with Crippen LogP contribution in [0.25, 0.3) is 32.9 Å². The summed E-state index contributed by atoms with van der Waals surface area (Å²) < 4.78 is 11.6. The third-order valence-electron chi connectivity index (χ3n) is 5.75. The van der Waals surface area contributed by atoms with E-state index in [1.807, 2.05) is 24.3 Å². The summed E-state index contributed by atoms with van der Waals surface area (Å²) in [5.74, 6) is 0.216. The molecule has 28 heavy (non-hydrogen) atoms. The Morgan fingerprint density at radius 1 is 0.929 bits per heavy atom. The number of fused-ring (bicyclic) bond motifs is 4. The number of para-hydroxylation sites is 2. The molecular weight excluding hydrogens is 354 g/mol. The summed E-state index contributed by atoms with van der Waals surface area (Å²) in [7, 11) is 0. The SMILES string of the molecule is CC(CN1CCCC1)c1cccc2c(=O)c3c(=O)oc4ccccc4c3oc12. The molecule has 1 saturated heterocycles. The maximum atomic E-state index is 13.1. The fourth-order valence-electron chi connectivity index (χ4n) is 4.35. The van der Waals surface area contributed by atoms with Crippen LogP contribution >= 0.6 is 0 Å². The topological polar surface area (TPSA) is 63.7 Å². The molecule has 0 amide bonds. The van der Waals surface area contributed by atoms with Gasteiger partial charge in [-0.3, -0.25) is 4.79 Å². The molecule has 1 unspecified atom stereocenters. The highest BCUT2D eigenvalue weighted by Gasteiger charge is 2.21. The first-order chi connectivity index (χ1) is 13.6. The fourth-order valence-corrected chi connectivity index (χ4v) is 4.35. The predicted octanol–water partition coefficient (Wildman–Crippen LogP) is 4.25. The van der Waals surface area contributed by atoms with E-state index in [1.54, 1.807) is 18.2 Å². The van der Waals surface area contributed by atoms with E-state index in [0.717, 1.165) is 25.2 Å². The standard InChI is InChI=1S/C23H21NO4/c1-14(13-24-11-4-5-12-24)15-8-6-9-17-20(25)19-22(28-21(15)17)16-7-2-3-10-18(16)27-23(19)26/h2-3,6-10,14H,4-5,11-13H2,1H3. The van der Waals surface area contributed by atoms with Gasteiger partial charge >= 0.3 is 5.63 Å². The van der Waals surface area contributed by atoms with Gasteiger partial charge in [-0.25, -0.2) is 4.79 Å². The van der Waals surface area contributed by atoms with Gasteiger partial charge < -0.3 is 13.7 Å². The molecule has 1 aliphatic rings. The van der Waals surface area contributed by atoms with Crippen LogP contribution in [0.1, 0.15) is 31.2 Å². The van der Waals surface area contributed by atoms with E-state index < -0.39 is 5.63 Å². The van der Waals surface area contributed by atoms with Gasteiger partial charge in [-0.2, -0.15) is 0 Å². The Morgan fingerprint density at radius 3 is 2.50 bits per heavy atom. The molecule has 2 aromatic heterocycles. The van der Waals surface area contributed by atoms with Crippen LogP contribution < -0.4 is 11.1 Å². The first kappa shape index (κ1) is 17.2. The molecule has 0 N–H and O–H groups in total. The van der Waals surface area contributed by atoms with Crippen molar-refractivity contribution in [3.8, 4) is 0 Å². The predicted molar refractivity (Wildman–Crippen MR) is 110 cm³/mol. The Balaban J connectivity index is 1.79. The highest BCUT2D eigenvalue weighted by Crippen LogP contribution is 2.30. The lowest BCUT2D eigenvalue weighted by Gasteiger charge is -2.21. The van der Waals surface area contributed by atoms with Crippen molar-refractivity contribution < 1.29 is 8.83 Å². The monoisotopic (exact) mass is 375 g/mol. The van der Waals surface area contributed by atoms with Gasteiger partial charge in [0.15, 0.2) is 11.0 Å². The number of benzene rings is 2. The Bertz CT molecular complexity index is 1310. The molecule has 0 radical (unpaired) electrons. The summed E-state index contributed by atoms with van der Waals surface area (Å²) >= 11 is 0. The van der Waals surface area contributed by atoms with Gasteiger partial charge in [-0.15, -0.1) is 0 Å². The maximum Gasteiger partial charge on any atom is 0.351 e. The summed E-state index contributed by atoms with van der Waals surface area (Å²) in [5, 5.41) is 1.05. The van der Waals surface area contributed by atoms with Crippen LogP contribution in [0.3, 0.4) is 0 Å². The largest absolute Gasteiger partial charge is 0.454 e. The molecule has 0 spiro atoms. The van der Waals surface area contributed by atoms with Crippen LogP contribution in [-0.2, 0) is 0 Å². The third kappa shape index (κ3) is 2.66. The van der Waals surface area contributed by atoms with E-state index >= 15 is 0 Å². The van der Waals surface area contributed by atoms with E-state index in [4.69, 9.17) is 8.83 Å². The van der Waals surface area contributed by atoms with Gasteiger partial charge in [0.2, 0.25) is 5.43 Å². The van der Waals surface area contributed by atoms with Crippen molar-refractivity contribution in [1.82, 2.24) is 4.90 Å². The molecule has 1 fully saturated rings. The van der Waals surface area contributed by atoms with Crippen LogP contribution in [0.4, 0.5) is 0 Å². The van der Waals surface area contributed by atoms with E-state index in [2.05, 4.69) is 11.8 Å². The highest BCUT2D eigenvalue weighted by atomic mass is 16.4. The molecule has 3 heterocycles. The summed E-state index contributed by atoms with van der Waals surface area (Å²) in [6.07, 6.45) is 2.48. The number of hydrogen-bond acceptors (Lipinski definition) is 5. The number of nitrogens with zero attached hydrogens (tertiary/aromatic N) is 1. The number of hydrogen-bond donors (Lipinski definition) is 0. The van der Waals surface area contributed by atoms with Gasteiger partial charge in [0, 0.05) is 6.54 Å². The maximum absolute atomic E-state index is 13.1. The van der Waals surface area contributed by atoms with Gasteiger partial charge in [0.05, 0.1) is 10.8 Å². The first-order valence-electron chi connectivity index (χ1n) is 9.77. The van der Waals surface area contributed by atoms with Gasteiger partial charge in [0.25, 0.3) is 0 Å². The van der Waals surface area contributed by atoms with Gasteiger partial charge in [-0.05, 0) is 55.6 Å². The van der Waals surface area contributed by atoms with Crippen molar-refractivity contribution in [3.05, 3.63) is 68.7 Å². The molecular formula is C23H21NO4. The molecule has 0 bridgehead atoms. The number of rotatable bonds is 3. The summed E-state index contributed by atoms with van der Waals surface area (Å²) in [6, 6.07) is 12.8. The lowest BCUT2D eigenvalue weighted by molar-refractivity contribution is 0.320.